The van der Waals surface area contributed by atoms with Crippen molar-refractivity contribution in [3.05, 3.63) is 36.3 Å². The van der Waals surface area contributed by atoms with Gasteiger partial charge in [0.25, 0.3) is 0 Å². The summed E-state index contributed by atoms with van der Waals surface area (Å²) < 4.78 is 5.86. The zero-order chi connectivity index (χ0) is 17.3. The van der Waals surface area contributed by atoms with Crippen LogP contribution in [0.3, 0.4) is 0 Å². The van der Waals surface area contributed by atoms with Crippen molar-refractivity contribution in [2.24, 2.45) is 5.41 Å². The van der Waals surface area contributed by atoms with E-state index in [0.29, 0.717) is 12.1 Å². The van der Waals surface area contributed by atoms with Crippen LogP contribution in [0.4, 0.5) is 5.82 Å². The second kappa shape index (κ2) is 6.48. The van der Waals surface area contributed by atoms with E-state index in [9.17, 15) is 0 Å². The average Bonchev–Trinajstić information content (AvgIpc) is 2.58. The molecule has 3 rings (SSSR count). The highest BCUT2D eigenvalue weighted by atomic mass is 16.5. The average molecular weight is 326 g/mol. The van der Waals surface area contributed by atoms with Crippen LogP contribution in [-0.4, -0.2) is 40.8 Å². The lowest BCUT2D eigenvalue weighted by Gasteiger charge is -2.55. The molecule has 0 N–H and O–H groups in total. The fourth-order valence-corrected chi connectivity index (χ4v) is 3.52. The first-order valence-corrected chi connectivity index (χ1v) is 8.54. The van der Waals surface area contributed by atoms with E-state index in [1.54, 1.807) is 12.4 Å². The van der Waals surface area contributed by atoms with Gasteiger partial charge in [-0.2, -0.15) is 0 Å². The third kappa shape index (κ3) is 3.00. The topological polar surface area (TPSA) is 51.1 Å². The normalized spacial score (nSPS) is 22.0. The summed E-state index contributed by atoms with van der Waals surface area (Å²) in [5.74, 6) is 1.68. The van der Waals surface area contributed by atoms with E-state index in [1.165, 1.54) is 0 Å². The van der Waals surface area contributed by atoms with Gasteiger partial charge in [-0.3, -0.25) is 4.98 Å². The first-order valence-electron chi connectivity index (χ1n) is 8.54. The van der Waals surface area contributed by atoms with E-state index in [2.05, 4.69) is 42.7 Å². The van der Waals surface area contributed by atoms with Crippen LogP contribution >= 0.6 is 0 Å². The number of hydrogen-bond donors (Lipinski definition) is 0. The highest BCUT2D eigenvalue weighted by Gasteiger charge is 2.51. The maximum Gasteiger partial charge on any atom is 0.163 e. The molecule has 0 amide bonds. The van der Waals surface area contributed by atoms with Crippen molar-refractivity contribution < 1.29 is 4.74 Å². The third-order valence-corrected chi connectivity index (χ3v) is 5.08. The van der Waals surface area contributed by atoms with E-state index in [0.717, 1.165) is 35.9 Å². The van der Waals surface area contributed by atoms with Crippen molar-refractivity contribution in [1.29, 1.82) is 0 Å². The fraction of sp³-hybridized carbons (Fsp3) is 0.526. The van der Waals surface area contributed by atoms with Gasteiger partial charge in [-0.05, 0) is 32.4 Å². The molecule has 0 saturated heterocycles. The number of anilines is 1. The highest BCUT2D eigenvalue weighted by Crippen LogP contribution is 2.46. The van der Waals surface area contributed by atoms with Crippen molar-refractivity contribution >= 4 is 5.82 Å². The summed E-state index contributed by atoms with van der Waals surface area (Å²) in [6.07, 6.45) is 4.91. The number of rotatable bonds is 5. The molecule has 1 saturated carbocycles. The maximum atomic E-state index is 5.86. The molecule has 128 valence electrons. The molecule has 2 heterocycles. The predicted molar refractivity (Wildman–Crippen MR) is 96.0 cm³/mol. The monoisotopic (exact) mass is 326 g/mol. The van der Waals surface area contributed by atoms with Crippen LogP contribution in [0.15, 0.2) is 30.6 Å². The molecule has 1 aliphatic rings. The zero-order valence-corrected chi connectivity index (χ0v) is 15.2. The standard InChI is InChI=1S/C19H26N4O/c1-6-24-16-11-15(19(16,3)4)23(5)17-10-13(2)21-18(22-17)14-8-7-9-20-12-14/h7-10,12,15-16H,6,11H2,1-5H3. The summed E-state index contributed by atoms with van der Waals surface area (Å²) in [4.78, 5) is 15.8. The van der Waals surface area contributed by atoms with Crippen molar-refractivity contribution in [3.8, 4) is 11.4 Å². The molecule has 5 heteroatoms. The molecule has 2 atom stereocenters. The number of hydrogen-bond acceptors (Lipinski definition) is 5. The molecular weight excluding hydrogens is 300 g/mol. The minimum absolute atomic E-state index is 0.109. The summed E-state index contributed by atoms with van der Waals surface area (Å²) >= 11 is 0. The van der Waals surface area contributed by atoms with Gasteiger partial charge in [0.2, 0.25) is 0 Å². The molecule has 1 fully saturated rings. The van der Waals surface area contributed by atoms with Crippen molar-refractivity contribution in [2.45, 2.75) is 46.3 Å². The number of nitrogens with zero attached hydrogens (tertiary/aromatic N) is 4. The second-order valence-electron chi connectivity index (χ2n) is 7.06. The molecule has 24 heavy (non-hydrogen) atoms. The smallest absolute Gasteiger partial charge is 0.163 e. The highest BCUT2D eigenvalue weighted by molar-refractivity contribution is 5.57. The summed E-state index contributed by atoms with van der Waals surface area (Å²) in [5.41, 5.74) is 2.01. The third-order valence-electron chi connectivity index (χ3n) is 5.08. The summed E-state index contributed by atoms with van der Waals surface area (Å²) in [6.45, 7) is 9.37. The molecule has 1 aliphatic carbocycles. The molecule has 2 aromatic heterocycles. The zero-order valence-electron chi connectivity index (χ0n) is 15.2. The Kier molecular flexibility index (Phi) is 4.54. The van der Waals surface area contributed by atoms with Crippen LogP contribution in [0.2, 0.25) is 0 Å². The Bertz CT molecular complexity index is 702. The number of ether oxygens (including phenoxy) is 1. The molecule has 5 nitrogen and oxygen atoms in total. The Morgan fingerprint density at radius 1 is 1.33 bits per heavy atom. The first kappa shape index (κ1) is 16.8. The number of pyridine rings is 1. The molecular formula is C19H26N4O. The van der Waals surface area contributed by atoms with Gasteiger partial charge in [0.15, 0.2) is 5.82 Å². The lowest BCUT2D eigenvalue weighted by molar-refractivity contribution is -0.104. The maximum absolute atomic E-state index is 5.86. The summed E-state index contributed by atoms with van der Waals surface area (Å²) in [5, 5.41) is 0. The molecule has 2 aromatic rings. The van der Waals surface area contributed by atoms with Gasteiger partial charge >= 0.3 is 0 Å². The molecule has 0 spiro atoms. The molecule has 2 unspecified atom stereocenters. The van der Waals surface area contributed by atoms with Gasteiger partial charge in [0, 0.05) is 54.8 Å². The van der Waals surface area contributed by atoms with Crippen LogP contribution < -0.4 is 4.90 Å². The van der Waals surface area contributed by atoms with Crippen molar-refractivity contribution in [2.75, 3.05) is 18.6 Å². The predicted octanol–water partition coefficient (Wildman–Crippen LogP) is 3.49. The van der Waals surface area contributed by atoms with Gasteiger partial charge < -0.3 is 9.64 Å². The van der Waals surface area contributed by atoms with Crippen LogP contribution in [0.1, 0.15) is 32.9 Å². The van der Waals surface area contributed by atoms with E-state index >= 15 is 0 Å². The van der Waals surface area contributed by atoms with Crippen LogP contribution in [0.5, 0.6) is 0 Å². The van der Waals surface area contributed by atoms with E-state index < -0.39 is 0 Å². The van der Waals surface area contributed by atoms with Crippen LogP contribution in [0, 0.1) is 12.3 Å². The number of aromatic nitrogens is 3. The van der Waals surface area contributed by atoms with Gasteiger partial charge in [-0.1, -0.05) is 13.8 Å². The summed E-state index contributed by atoms with van der Waals surface area (Å²) in [6, 6.07) is 6.35. The Morgan fingerprint density at radius 3 is 2.75 bits per heavy atom. The minimum Gasteiger partial charge on any atom is -0.378 e. The van der Waals surface area contributed by atoms with Crippen molar-refractivity contribution in [3.63, 3.8) is 0 Å². The van der Waals surface area contributed by atoms with E-state index in [4.69, 9.17) is 9.72 Å². The van der Waals surface area contributed by atoms with E-state index in [1.807, 2.05) is 25.1 Å². The Hall–Kier alpha value is -2.01. The largest absolute Gasteiger partial charge is 0.378 e. The van der Waals surface area contributed by atoms with Gasteiger partial charge in [0.05, 0.1) is 6.10 Å². The molecule has 0 radical (unpaired) electrons. The molecule has 0 aliphatic heterocycles. The second-order valence-corrected chi connectivity index (χ2v) is 7.06. The van der Waals surface area contributed by atoms with E-state index in [-0.39, 0.29) is 5.41 Å². The van der Waals surface area contributed by atoms with Crippen LogP contribution in [0.25, 0.3) is 11.4 Å². The van der Waals surface area contributed by atoms with Gasteiger partial charge in [-0.15, -0.1) is 0 Å². The SMILES string of the molecule is CCOC1CC(N(C)c2cc(C)nc(-c3cccnc3)n2)C1(C)C. The first-order chi connectivity index (χ1) is 11.4. The van der Waals surface area contributed by atoms with Crippen LogP contribution in [-0.2, 0) is 4.74 Å². The lowest BCUT2D eigenvalue weighted by Crippen LogP contribution is -2.61. The van der Waals surface area contributed by atoms with Gasteiger partial charge in [-0.25, -0.2) is 9.97 Å². The molecule has 0 bridgehead atoms. The Morgan fingerprint density at radius 2 is 2.12 bits per heavy atom. The molecule has 0 aromatic carbocycles. The fourth-order valence-electron chi connectivity index (χ4n) is 3.52. The Labute approximate surface area is 144 Å². The minimum atomic E-state index is 0.109. The quantitative estimate of drug-likeness (QED) is 0.842. The Balaban J connectivity index is 1.86. The van der Waals surface area contributed by atoms with Crippen molar-refractivity contribution in [1.82, 2.24) is 15.0 Å². The summed E-state index contributed by atoms with van der Waals surface area (Å²) in [7, 11) is 2.11. The lowest BCUT2D eigenvalue weighted by atomic mass is 9.64. The number of aryl methyl sites for hydroxylation is 1. The van der Waals surface area contributed by atoms with Gasteiger partial charge in [0.1, 0.15) is 5.82 Å².